The fourth-order valence-electron chi connectivity index (χ4n) is 2.20. The molecule has 0 fully saturated rings. The van der Waals surface area contributed by atoms with Crippen LogP contribution in [0.1, 0.15) is 51.0 Å². The minimum atomic E-state index is -2.94. The summed E-state index contributed by atoms with van der Waals surface area (Å²) in [5.41, 5.74) is 2.16. The summed E-state index contributed by atoms with van der Waals surface area (Å²) in [6, 6.07) is 2.15. The highest BCUT2D eigenvalue weighted by Crippen LogP contribution is 2.19. The van der Waals surface area contributed by atoms with E-state index in [4.69, 9.17) is 0 Å². The lowest BCUT2D eigenvalue weighted by Gasteiger charge is -2.19. The Morgan fingerprint density at radius 1 is 1.35 bits per heavy atom. The van der Waals surface area contributed by atoms with E-state index in [1.54, 1.807) is 0 Å². The van der Waals surface area contributed by atoms with Crippen molar-refractivity contribution in [3.05, 3.63) is 17.5 Å². The molecule has 0 aromatic carbocycles. The molecular weight excluding hydrogens is 274 g/mol. The van der Waals surface area contributed by atoms with Crippen molar-refractivity contribution in [1.82, 2.24) is 15.1 Å². The van der Waals surface area contributed by atoms with E-state index >= 15 is 0 Å². The molecule has 5 nitrogen and oxygen atoms in total. The Balaban J connectivity index is 2.93. The normalized spacial score (nSPS) is 13.6. The lowest BCUT2D eigenvalue weighted by molar-refractivity contribution is 0.468. The smallest absolute Gasteiger partial charge is 0.147 e. The van der Waals surface area contributed by atoms with E-state index in [1.807, 2.05) is 4.68 Å². The zero-order valence-electron chi connectivity index (χ0n) is 13.0. The maximum atomic E-state index is 11.4. The van der Waals surface area contributed by atoms with Gasteiger partial charge in [0.1, 0.15) is 9.84 Å². The summed E-state index contributed by atoms with van der Waals surface area (Å²) in [7, 11) is -2.94. The fourth-order valence-corrected chi connectivity index (χ4v) is 2.86. The maximum absolute atomic E-state index is 11.4. The summed E-state index contributed by atoms with van der Waals surface area (Å²) < 4.78 is 24.8. The zero-order chi connectivity index (χ0) is 15.2. The Kier molecular flexibility index (Phi) is 6.68. The number of hydrogen-bond donors (Lipinski definition) is 1. The van der Waals surface area contributed by atoms with E-state index in [9.17, 15) is 8.42 Å². The van der Waals surface area contributed by atoms with E-state index in [0.717, 1.165) is 37.3 Å². The molecule has 0 aliphatic rings. The van der Waals surface area contributed by atoms with Gasteiger partial charge in [-0.2, -0.15) is 5.10 Å². The Morgan fingerprint density at radius 2 is 2.05 bits per heavy atom. The zero-order valence-corrected chi connectivity index (χ0v) is 13.8. The van der Waals surface area contributed by atoms with E-state index < -0.39 is 9.84 Å². The van der Waals surface area contributed by atoms with E-state index in [1.165, 1.54) is 6.26 Å². The molecule has 1 aromatic rings. The Bertz CT molecular complexity index is 508. The van der Waals surface area contributed by atoms with Gasteiger partial charge in [-0.05, 0) is 38.8 Å². The summed E-state index contributed by atoms with van der Waals surface area (Å²) in [6.45, 7) is 7.93. The molecule has 0 saturated heterocycles. The van der Waals surface area contributed by atoms with Crippen molar-refractivity contribution in [2.45, 2.75) is 52.6 Å². The van der Waals surface area contributed by atoms with Crippen LogP contribution >= 0.6 is 0 Å². The van der Waals surface area contributed by atoms with Crippen LogP contribution in [0.4, 0.5) is 0 Å². The average molecular weight is 301 g/mol. The molecule has 0 amide bonds. The molecule has 0 radical (unpaired) electrons. The molecule has 1 unspecified atom stereocenters. The van der Waals surface area contributed by atoms with Crippen LogP contribution in [0.3, 0.4) is 0 Å². The molecular formula is C14H27N3O2S. The van der Waals surface area contributed by atoms with Gasteiger partial charge in [-0.3, -0.25) is 4.68 Å². The highest BCUT2D eigenvalue weighted by Gasteiger charge is 2.18. The molecule has 6 heteroatoms. The highest BCUT2D eigenvalue weighted by atomic mass is 32.2. The second kappa shape index (κ2) is 7.78. The van der Waals surface area contributed by atoms with E-state index in [0.29, 0.717) is 6.42 Å². The molecule has 0 spiro atoms. The molecule has 0 saturated carbocycles. The van der Waals surface area contributed by atoms with Gasteiger partial charge in [-0.15, -0.1) is 0 Å². The minimum Gasteiger partial charge on any atom is -0.309 e. The van der Waals surface area contributed by atoms with Crippen LogP contribution in [-0.2, 0) is 22.8 Å². The van der Waals surface area contributed by atoms with Crippen molar-refractivity contribution in [1.29, 1.82) is 0 Å². The Labute approximate surface area is 122 Å². The monoisotopic (exact) mass is 301 g/mol. The van der Waals surface area contributed by atoms with Gasteiger partial charge in [0.25, 0.3) is 0 Å². The fraction of sp³-hybridized carbons (Fsp3) is 0.786. The maximum Gasteiger partial charge on any atom is 0.147 e. The first-order valence-electron chi connectivity index (χ1n) is 7.39. The van der Waals surface area contributed by atoms with Crippen LogP contribution in [0.25, 0.3) is 0 Å². The van der Waals surface area contributed by atoms with Crippen molar-refractivity contribution in [2.75, 3.05) is 18.6 Å². The number of nitrogens with zero attached hydrogens (tertiary/aromatic N) is 2. The van der Waals surface area contributed by atoms with Gasteiger partial charge in [0, 0.05) is 12.8 Å². The second-order valence-corrected chi connectivity index (χ2v) is 7.41. The van der Waals surface area contributed by atoms with Crippen LogP contribution < -0.4 is 5.32 Å². The third-order valence-electron chi connectivity index (χ3n) is 3.30. The Morgan fingerprint density at radius 3 is 2.55 bits per heavy atom. The molecule has 1 N–H and O–H groups in total. The van der Waals surface area contributed by atoms with Crippen molar-refractivity contribution < 1.29 is 8.42 Å². The van der Waals surface area contributed by atoms with Gasteiger partial charge in [-0.1, -0.05) is 13.8 Å². The summed E-state index contributed by atoms with van der Waals surface area (Å²) in [6.07, 6.45) is 3.80. The first-order valence-corrected chi connectivity index (χ1v) is 9.45. The van der Waals surface area contributed by atoms with Crippen molar-refractivity contribution in [2.24, 2.45) is 0 Å². The van der Waals surface area contributed by atoms with Crippen LogP contribution in [0, 0.1) is 0 Å². The molecule has 1 rings (SSSR count). The first-order chi connectivity index (χ1) is 9.41. The first kappa shape index (κ1) is 17.2. The third kappa shape index (κ3) is 5.25. The lowest BCUT2D eigenvalue weighted by atomic mass is 10.1. The molecule has 0 aliphatic heterocycles. The van der Waals surface area contributed by atoms with Gasteiger partial charge in [0.15, 0.2) is 0 Å². The molecule has 0 aliphatic carbocycles. The van der Waals surface area contributed by atoms with Gasteiger partial charge >= 0.3 is 0 Å². The quantitative estimate of drug-likeness (QED) is 0.757. The van der Waals surface area contributed by atoms with Crippen molar-refractivity contribution >= 4 is 9.84 Å². The van der Waals surface area contributed by atoms with Crippen LogP contribution in [0.5, 0.6) is 0 Å². The van der Waals surface area contributed by atoms with Crippen LogP contribution in [-0.4, -0.2) is 36.8 Å². The number of sulfone groups is 1. The molecule has 20 heavy (non-hydrogen) atoms. The predicted molar refractivity (Wildman–Crippen MR) is 82.6 cm³/mol. The van der Waals surface area contributed by atoms with Gasteiger partial charge < -0.3 is 5.32 Å². The van der Waals surface area contributed by atoms with E-state index in [2.05, 4.69) is 37.3 Å². The summed E-state index contributed by atoms with van der Waals surface area (Å²) in [5, 5.41) is 7.99. The molecule has 1 atom stereocenters. The SMILES string of the molecule is CCCNC(CCS(C)(=O)=O)c1cc(CC)nn1CC. The molecule has 116 valence electrons. The van der Waals surface area contributed by atoms with Crippen LogP contribution in [0.2, 0.25) is 0 Å². The Hall–Kier alpha value is -0.880. The number of nitrogens with one attached hydrogen (secondary N) is 1. The summed E-state index contributed by atoms with van der Waals surface area (Å²) in [5.74, 6) is 0.199. The largest absolute Gasteiger partial charge is 0.309 e. The number of rotatable bonds is 9. The van der Waals surface area contributed by atoms with Crippen molar-refractivity contribution in [3.8, 4) is 0 Å². The van der Waals surface area contributed by atoms with Gasteiger partial charge in [0.05, 0.1) is 23.2 Å². The van der Waals surface area contributed by atoms with Gasteiger partial charge in [0.2, 0.25) is 0 Å². The number of hydrogen-bond acceptors (Lipinski definition) is 4. The van der Waals surface area contributed by atoms with Crippen molar-refractivity contribution in [3.63, 3.8) is 0 Å². The highest BCUT2D eigenvalue weighted by molar-refractivity contribution is 7.90. The van der Waals surface area contributed by atoms with Crippen LogP contribution in [0.15, 0.2) is 6.07 Å². The second-order valence-electron chi connectivity index (χ2n) is 5.16. The molecule has 1 aromatic heterocycles. The molecule has 1 heterocycles. The summed E-state index contributed by atoms with van der Waals surface area (Å²) >= 11 is 0. The van der Waals surface area contributed by atoms with Gasteiger partial charge in [-0.25, -0.2) is 8.42 Å². The summed E-state index contributed by atoms with van der Waals surface area (Å²) in [4.78, 5) is 0. The third-order valence-corrected chi connectivity index (χ3v) is 4.28. The average Bonchev–Trinajstić information content (AvgIpc) is 2.81. The topological polar surface area (TPSA) is 64.0 Å². The predicted octanol–water partition coefficient (Wildman–Crippen LogP) is 1.94. The lowest BCUT2D eigenvalue weighted by Crippen LogP contribution is -2.26. The standard InChI is InChI=1S/C14H27N3O2S/c1-5-9-15-13(8-10-20(4,18)19)14-11-12(6-2)16-17(14)7-3/h11,13,15H,5-10H2,1-4H3. The number of aryl methyl sites for hydroxylation is 2. The van der Waals surface area contributed by atoms with E-state index in [-0.39, 0.29) is 11.8 Å². The number of aromatic nitrogens is 2. The minimum absolute atomic E-state index is 0.0532. The molecule has 0 bridgehead atoms.